The second-order valence-corrected chi connectivity index (χ2v) is 6.36. The molecule has 1 saturated heterocycles. The molecule has 0 radical (unpaired) electrons. The van der Waals surface area contributed by atoms with Crippen molar-refractivity contribution in [2.45, 2.75) is 26.8 Å². The Morgan fingerprint density at radius 1 is 1.43 bits per heavy atom. The zero-order valence-electron chi connectivity index (χ0n) is 13.4. The van der Waals surface area contributed by atoms with Crippen molar-refractivity contribution < 1.29 is 4.79 Å². The summed E-state index contributed by atoms with van der Waals surface area (Å²) < 4.78 is 0. The van der Waals surface area contributed by atoms with Crippen LogP contribution >= 0.6 is 0 Å². The van der Waals surface area contributed by atoms with Crippen LogP contribution in [-0.4, -0.2) is 58.9 Å². The molecule has 1 aliphatic rings. The lowest BCUT2D eigenvalue weighted by Crippen LogP contribution is -2.38. The Morgan fingerprint density at radius 2 is 2.10 bits per heavy atom. The zero-order chi connectivity index (χ0) is 15.7. The predicted octanol–water partition coefficient (Wildman–Crippen LogP) is 0.737. The maximum atomic E-state index is 12.6. The highest BCUT2D eigenvalue weighted by Gasteiger charge is 2.38. The molecule has 21 heavy (non-hydrogen) atoms. The number of likely N-dealkylation sites (tertiary alicyclic amines) is 1. The molecule has 116 valence electrons. The predicted molar refractivity (Wildman–Crippen MR) is 81.3 cm³/mol. The molecular weight excluding hydrogens is 268 g/mol. The van der Waals surface area contributed by atoms with Crippen LogP contribution < -0.4 is 5.56 Å². The van der Waals surface area contributed by atoms with Gasteiger partial charge in [0.15, 0.2) is 0 Å². The van der Waals surface area contributed by atoms with E-state index in [2.05, 4.69) is 28.7 Å². The third-order valence-electron chi connectivity index (χ3n) is 4.30. The molecule has 1 amide bonds. The van der Waals surface area contributed by atoms with Gasteiger partial charge in [0.25, 0.3) is 11.5 Å². The van der Waals surface area contributed by atoms with Gasteiger partial charge in [-0.1, -0.05) is 13.8 Å². The molecule has 2 rings (SSSR count). The van der Waals surface area contributed by atoms with Crippen molar-refractivity contribution in [3.8, 4) is 0 Å². The van der Waals surface area contributed by atoms with Crippen LogP contribution in [0.3, 0.4) is 0 Å². The maximum Gasteiger partial charge on any atom is 0.263 e. The molecule has 0 bridgehead atoms. The van der Waals surface area contributed by atoms with Crippen molar-refractivity contribution in [2.24, 2.45) is 11.8 Å². The third kappa shape index (κ3) is 3.15. The minimum atomic E-state index is -0.359. The number of aromatic nitrogens is 2. The largest absolute Gasteiger partial charge is 0.336 e. The first-order chi connectivity index (χ1) is 9.81. The summed E-state index contributed by atoms with van der Waals surface area (Å²) in [5.41, 5.74) is -0.232. The lowest BCUT2D eigenvalue weighted by molar-refractivity contribution is 0.0777. The summed E-state index contributed by atoms with van der Waals surface area (Å²) in [7, 11) is 4.07. The fraction of sp³-hybridized carbons (Fsp3) is 0.667. The van der Waals surface area contributed by atoms with Crippen LogP contribution in [0.2, 0.25) is 0 Å². The van der Waals surface area contributed by atoms with Crippen LogP contribution in [0.5, 0.6) is 0 Å². The van der Waals surface area contributed by atoms with E-state index in [1.54, 1.807) is 11.8 Å². The lowest BCUT2D eigenvalue weighted by Gasteiger charge is -2.27. The summed E-state index contributed by atoms with van der Waals surface area (Å²) in [6.45, 7) is 7.39. The quantitative estimate of drug-likeness (QED) is 0.892. The van der Waals surface area contributed by atoms with E-state index < -0.39 is 0 Å². The number of aryl methyl sites for hydroxylation is 1. The van der Waals surface area contributed by atoms with Crippen LogP contribution in [-0.2, 0) is 0 Å². The topological polar surface area (TPSA) is 69.3 Å². The van der Waals surface area contributed by atoms with Gasteiger partial charge in [-0.3, -0.25) is 9.59 Å². The van der Waals surface area contributed by atoms with E-state index in [9.17, 15) is 9.59 Å². The molecule has 1 aromatic heterocycles. The SMILES string of the molecule is Cc1ncc(C(=O)N2C[C@@H](N(C)C)[C@H](C(C)C)C2)c(=O)[nH]1. The molecule has 2 atom stereocenters. The van der Waals surface area contributed by atoms with E-state index in [1.165, 1.54) is 6.20 Å². The second kappa shape index (κ2) is 5.97. The van der Waals surface area contributed by atoms with E-state index in [4.69, 9.17) is 0 Å². The Balaban J connectivity index is 2.23. The summed E-state index contributed by atoms with van der Waals surface area (Å²) in [5, 5.41) is 0. The number of H-pyrrole nitrogens is 1. The Kier molecular flexibility index (Phi) is 4.46. The molecule has 6 nitrogen and oxygen atoms in total. The number of aromatic amines is 1. The van der Waals surface area contributed by atoms with Crippen LogP contribution in [0.4, 0.5) is 0 Å². The molecule has 2 heterocycles. The molecule has 1 aliphatic heterocycles. The van der Waals surface area contributed by atoms with Crippen LogP contribution in [0.25, 0.3) is 0 Å². The van der Waals surface area contributed by atoms with E-state index >= 15 is 0 Å². The molecule has 1 N–H and O–H groups in total. The standard InChI is InChI=1S/C15H24N4O2/c1-9(2)12-7-19(8-13(12)18(4)5)15(21)11-6-16-10(3)17-14(11)20/h6,9,12-13H,7-8H2,1-5H3,(H,16,17,20)/t12-,13+/m0/s1. The first kappa shape index (κ1) is 15.7. The van der Waals surface area contributed by atoms with Crippen LogP contribution in [0.15, 0.2) is 11.0 Å². The molecule has 0 unspecified atom stereocenters. The lowest BCUT2D eigenvalue weighted by atomic mass is 9.91. The molecule has 1 fully saturated rings. The summed E-state index contributed by atoms with van der Waals surface area (Å²) in [6, 6.07) is 0.325. The van der Waals surface area contributed by atoms with Gasteiger partial charge in [-0.2, -0.15) is 0 Å². The Labute approximate surface area is 125 Å². The molecule has 1 aromatic rings. The highest BCUT2D eigenvalue weighted by Crippen LogP contribution is 2.27. The first-order valence-corrected chi connectivity index (χ1v) is 7.33. The van der Waals surface area contributed by atoms with Gasteiger partial charge in [0.05, 0.1) is 0 Å². The average Bonchev–Trinajstić information content (AvgIpc) is 2.83. The Hall–Kier alpha value is -1.69. The van der Waals surface area contributed by atoms with Crippen molar-refractivity contribution in [3.05, 3.63) is 27.9 Å². The Bertz CT molecular complexity index is 563. The number of carbonyl (C=O) groups excluding carboxylic acids is 1. The molecule has 0 spiro atoms. The minimum absolute atomic E-state index is 0.127. The van der Waals surface area contributed by atoms with Crippen molar-refractivity contribution in [3.63, 3.8) is 0 Å². The van der Waals surface area contributed by atoms with E-state index in [1.807, 2.05) is 14.1 Å². The smallest absolute Gasteiger partial charge is 0.263 e. The summed E-state index contributed by atoms with van der Waals surface area (Å²) in [5.74, 6) is 1.20. The molecular formula is C15H24N4O2. The van der Waals surface area contributed by atoms with Crippen LogP contribution in [0.1, 0.15) is 30.0 Å². The van der Waals surface area contributed by atoms with E-state index in [0.29, 0.717) is 36.8 Å². The number of carbonyl (C=O) groups is 1. The van der Waals surface area contributed by atoms with Gasteiger partial charge in [-0.05, 0) is 32.9 Å². The molecule has 0 saturated carbocycles. The number of hydrogen-bond acceptors (Lipinski definition) is 4. The summed E-state index contributed by atoms with van der Waals surface area (Å²) >= 11 is 0. The van der Waals surface area contributed by atoms with Gasteiger partial charge >= 0.3 is 0 Å². The number of rotatable bonds is 3. The second-order valence-electron chi connectivity index (χ2n) is 6.36. The van der Waals surface area contributed by atoms with Gasteiger partial charge in [0.2, 0.25) is 0 Å². The molecule has 6 heteroatoms. The van der Waals surface area contributed by atoms with E-state index in [0.717, 1.165) is 0 Å². The average molecular weight is 292 g/mol. The van der Waals surface area contributed by atoms with E-state index in [-0.39, 0.29) is 17.0 Å². The zero-order valence-corrected chi connectivity index (χ0v) is 13.4. The van der Waals surface area contributed by atoms with Gasteiger partial charge in [0.1, 0.15) is 11.4 Å². The molecule has 0 aliphatic carbocycles. The van der Waals surface area contributed by atoms with Crippen molar-refractivity contribution in [1.82, 2.24) is 19.8 Å². The summed E-state index contributed by atoms with van der Waals surface area (Å²) in [6.07, 6.45) is 1.38. The summed E-state index contributed by atoms with van der Waals surface area (Å²) in [4.78, 5) is 35.0. The van der Waals surface area contributed by atoms with Crippen molar-refractivity contribution >= 4 is 5.91 Å². The minimum Gasteiger partial charge on any atom is -0.336 e. The number of likely N-dealkylation sites (N-methyl/N-ethyl adjacent to an activating group) is 1. The first-order valence-electron chi connectivity index (χ1n) is 7.33. The third-order valence-corrected chi connectivity index (χ3v) is 4.30. The highest BCUT2D eigenvalue weighted by molar-refractivity contribution is 5.93. The van der Waals surface area contributed by atoms with Gasteiger partial charge < -0.3 is 14.8 Å². The van der Waals surface area contributed by atoms with Crippen LogP contribution in [0, 0.1) is 18.8 Å². The number of hydrogen-bond donors (Lipinski definition) is 1. The van der Waals surface area contributed by atoms with Crippen molar-refractivity contribution in [2.75, 3.05) is 27.2 Å². The fourth-order valence-electron chi connectivity index (χ4n) is 2.99. The van der Waals surface area contributed by atoms with Gasteiger partial charge in [0, 0.05) is 25.3 Å². The van der Waals surface area contributed by atoms with Gasteiger partial charge in [-0.15, -0.1) is 0 Å². The molecule has 0 aromatic carbocycles. The highest BCUT2D eigenvalue weighted by atomic mass is 16.2. The maximum absolute atomic E-state index is 12.6. The monoisotopic (exact) mass is 292 g/mol. The normalized spacial score (nSPS) is 22.3. The number of nitrogens with one attached hydrogen (secondary N) is 1. The van der Waals surface area contributed by atoms with Gasteiger partial charge in [-0.25, -0.2) is 4.98 Å². The number of amides is 1. The number of nitrogens with zero attached hydrogens (tertiary/aromatic N) is 3. The van der Waals surface area contributed by atoms with Crippen molar-refractivity contribution in [1.29, 1.82) is 0 Å². The fourth-order valence-corrected chi connectivity index (χ4v) is 2.99. The Morgan fingerprint density at radius 3 is 2.57 bits per heavy atom.